The Kier molecular flexibility index (Phi) is 4.55. The zero-order valence-electron chi connectivity index (χ0n) is 13.8. The molecule has 0 radical (unpaired) electrons. The van der Waals surface area contributed by atoms with Gasteiger partial charge in [0.2, 0.25) is 0 Å². The lowest BCUT2D eigenvalue weighted by Gasteiger charge is -2.20. The van der Waals surface area contributed by atoms with E-state index in [1.807, 2.05) is 19.1 Å². The lowest BCUT2D eigenvalue weighted by Crippen LogP contribution is -2.27. The Bertz CT molecular complexity index is 519. The van der Waals surface area contributed by atoms with Crippen LogP contribution in [0.5, 0.6) is 0 Å². The van der Waals surface area contributed by atoms with Crippen molar-refractivity contribution in [3.8, 4) is 0 Å². The molecule has 1 amide bonds. The van der Waals surface area contributed by atoms with Gasteiger partial charge in [0.25, 0.3) is 5.91 Å². The monoisotopic (exact) mass is 289 g/mol. The topological polar surface area (TPSA) is 54.0 Å². The first-order valence-corrected chi connectivity index (χ1v) is 7.86. The minimum Gasteiger partial charge on any atom is -0.370 e. The highest BCUT2D eigenvalue weighted by atomic mass is 16.1. The maximum absolute atomic E-state index is 12.4. The highest BCUT2D eigenvalue weighted by Gasteiger charge is 2.32. The van der Waals surface area contributed by atoms with Crippen molar-refractivity contribution in [2.45, 2.75) is 46.5 Å². The Labute approximate surface area is 127 Å². The van der Waals surface area contributed by atoms with E-state index in [2.05, 4.69) is 43.3 Å². The fourth-order valence-electron chi connectivity index (χ4n) is 2.33. The van der Waals surface area contributed by atoms with Gasteiger partial charge in [-0.2, -0.15) is 0 Å². The predicted octanol–water partition coefficient (Wildman–Crippen LogP) is 3.20. The molecule has 4 heteroatoms. The number of amides is 1. The normalized spacial score (nSPS) is 21.0. The van der Waals surface area contributed by atoms with E-state index in [0.717, 1.165) is 30.5 Å². The Morgan fingerprint density at radius 3 is 2.57 bits per heavy atom. The first kappa shape index (κ1) is 15.8. The van der Waals surface area contributed by atoms with Gasteiger partial charge < -0.3 is 10.6 Å². The van der Waals surface area contributed by atoms with Gasteiger partial charge in [0.1, 0.15) is 5.82 Å². The molecular weight excluding hydrogens is 262 g/mol. The summed E-state index contributed by atoms with van der Waals surface area (Å²) >= 11 is 0. The molecule has 4 nitrogen and oxygen atoms in total. The van der Waals surface area contributed by atoms with Crippen molar-refractivity contribution in [2.24, 2.45) is 11.8 Å². The highest BCUT2D eigenvalue weighted by molar-refractivity contribution is 5.95. The summed E-state index contributed by atoms with van der Waals surface area (Å²) in [6.07, 6.45) is 1.23. The molecule has 0 bridgehead atoms. The summed E-state index contributed by atoms with van der Waals surface area (Å²) in [5.74, 6) is 2.19. The molecule has 1 fully saturated rings. The summed E-state index contributed by atoms with van der Waals surface area (Å²) in [5.41, 5.74) is 1.55. The summed E-state index contributed by atoms with van der Waals surface area (Å²) in [6.45, 7) is 12.2. The highest BCUT2D eigenvalue weighted by Crippen LogP contribution is 2.36. The van der Waals surface area contributed by atoms with Gasteiger partial charge in [0.15, 0.2) is 0 Å². The van der Waals surface area contributed by atoms with Crippen LogP contribution in [0.15, 0.2) is 12.1 Å². The number of nitrogens with one attached hydrogen (secondary N) is 2. The number of carbonyl (C=O) groups excluding carboxylic acids is 1. The SMILES string of the molecule is CCNc1cc(C(=O)NCC2CC2C)cc(C(C)(C)C)n1. The molecule has 1 aromatic heterocycles. The molecule has 1 saturated carbocycles. The Hall–Kier alpha value is -1.58. The number of aromatic nitrogens is 1. The van der Waals surface area contributed by atoms with E-state index in [1.54, 1.807) is 0 Å². The first-order valence-electron chi connectivity index (χ1n) is 7.86. The van der Waals surface area contributed by atoms with Crippen molar-refractivity contribution in [2.75, 3.05) is 18.4 Å². The quantitative estimate of drug-likeness (QED) is 0.875. The smallest absolute Gasteiger partial charge is 0.251 e. The number of hydrogen-bond donors (Lipinski definition) is 2. The van der Waals surface area contributed by atoms with Crippen LogP contribution < -0.4 is 10.6 Å². The van der Waals surface area contributed by atoms with Gasteiger partial charge in [0.05, 0.1) is 0 Å². The molecule has 21 heavy (non-hydrogen) atoms. The standard InChI is InChI=1S/C17H27N3O/c1-6-18-15-9-12(8-14(20-15)17(3,4)5)16(21)19-10-13-7-11(13)2/h8-9,11,13H,6-7,10H2,1-5H3,(H,18,20)(H,19,21). The van der Waals surface area contributed by atoms with E-state index in [9.17, 15) is 4.79 Å². The maximum atomic E-state index is 12.4. The summed E-state index contributed by atoms with van der Waals surface area (Å²) in [4.78, 5) is 17.0. The van der Waals surface area contributed by atoms with Crippen LogP contribution in [-0.2, 0) is 5.41 Å². The molecule has 2 rings (SSSR count). The third-order valence-electron chi connectivity index (χ3n) is 4.01. The maximum Gasteiger partial charge on any atom is 0.251 e. The Balaban J connectivity index is 2.16. The van der Waals surface area contributed by atoms with Crippen molar-refractivity contribution in [3.05, 3.63) is 23.4 Å². The van der Waals surface area contributed by atoms with Crippen LogP contribution in [-0.4, -0.2) is 24.0 Å². The van der Waals surface area contributed by atoms with E-state index in [-0.39, 0.29) is 11.3 Å². The van der Waals surface area contributed by atoms with Crippen LogP contribution in [0, 0.1) is 11.8 Å². The number of rotatable bonds is 5. The van der Waals surface area contributed by atoms with Crippen LogP contribution in [0.3, 0.4) is 0 Å². The van der Waals surface area contributed by atoms with Gasteiger partial charge in [-0.25, -0.2) is 4.98 Å². The van der Waals surface area contributed by atoms with Gasteiger partial charge >= 0.3 is 0 Å². The molecule has 2 atom stereocenters. The van der Waals surface area contributed by atoms with Crippen LogP contribution in [0.2, 0.25) is 0 Å². The summed E-state index contributed by atoms with van der Waals surface area (Å²) in [7, 11) is 0. The summed E-state index contributed by atoms with van der Waals surface area (Å²) in [5, 5.41) is 6.25. The van der Waals surface area contributed by atoms with Gasteiger partial charge in [-0.05, 0) is 37.3 Å². The second kappa shape index (κ2) is 6.04. The first-order chi connectivity index (χ1) is 9.81. The molecular formula is C17H27N3O. The van der Waals surface area contributed by atoms with Crippen molar-refractivity contribution in [3.63, 3.8) is 0 Å². The average molecular weight is 289 g/mol. The fraction of sp³-hybridized carbons (Fsp3) is 0.647. The fourth-order valence-corrected chi connectivity index (χ4v) is 2.33. The van der Waals surface area contributed by atoms with E-state index in [1.165, 1.54) is 6.42 Å². The number of anilines is 1. The molecule has 1 aromatic rings. The van der Waals surface area contributed by atoms with Crippen molar-refractivity contribution in [1.29, 1.82) is 0 Å². The van der Waals surface area contributed by atoms with Crippen LogP contribution in [0.25, 0.3) is 0 Å². The lowest BCUT2D eigenvalue weighted by molar-refractivity contribution is 0.0951. The molecule has 1 aliphatic carbocycles. The zero-order valence-corrected chi connectivity index (χ0v) is 13.8. The Morgan fingerprint density at radius 2 is 2.05 bits per heavy atom. The second-order valence-electron chi connectivity index (χ2n) is 7.09. The molecule has 2 N–H and O–H groups in total. The molecule has 1 heterocycles. The molecule has 0 spiro atoms. The van der Waals surface area contributed by atoms with Gasteiger partial charge in [0, 0.05) is 29.8 Å². The number of carbonyl (C=O) groups is 1. The second-order valence-corrected chi connectivity index (χ2v) is 7.09. The third kappa shape index (κ3) is 4.19. The van der Waals surface area contributed by atoms with Crippen molar-refractivity contribution < 1.29 is 4.79 Å². The van der Waals surface area contributed by atoms with Gasteiger partial charge in [-0.1, -0.05) is 27.7 Å². The van der Waals surface area contributed by atoms with E-state index >= 15 is 0 Å². The van der Waals surface area contributed by atoms with E-state index in [4.69, 9.17) is 0 Å². The molecule has 0 saturated heterocycles. The Morgan fingerprint density at radius 1 is 1.38 bits per heavy atom. The molecule has 0 aromatic carbocycles. The molecule has 0 aliphatic heterocycles. The predicted molar refractivity (Wildman–Crippen MR) is 86.7 cm³/mol. The van der Waals surface area contributed by atoms with Gasteiger partial charge in [-0.15, -0.1) is 0 Å². The third-order valence-corrected chi connectivity index (χ3v) is 4.01. The summed E-state index contributed by atoms with van der Waals surface area (Å²) < 4.78 is 0. The average Bonchev–Trinajstić information content (AvgIpc) is 3.11. The molecule has 116 valence electrons. The van der Waals surface area contributed by atoms with E-state index < -0.39 is 0 Å². The van der Waals surface area contributed by atoms with Crippen LogP contribution in [0.1, 0.15) is 57.1 Å². The zero-order chi connectivity index (χ0) is 15.6. The number of hydrogen-bond acceptors (Lipinski definition) is 3. The van der Waals surface area contributed by atoms with Crippen molar-refractivity contribution in [1.82, 2.24) is 10.3 Å². The van der Waals surface area contributed by atoms with Crippen LogP contribution in [0.4, 0.5) is 5.82 Å². The minimum atomic E-state index is -0.0779. The van der Waals surface area contributed by atoms with Crippen molar-refractivity contribution >= 4 is 11.7 Å². The number of nitrogens with zero attached hydrogens (tertiary/aromatic N) is 1. The molecule has 2 unspecified atom stereocenters. The largest absolute Gasteiger partial charge is 0.370 e. The lowest BCUT2D eigenvalue weighted by atomic mass is 9.90. The summed E-state index contributed by atoms with van der Waals surface area (Å²) in [6, 6.07) is 3.75. The molecule has 1 aliphatic rings. The van der Waals surface area contributed by atoms with Gasteiger partial charge in [-0.3, -0.25) is 4.79 Å². The van der Waals surface area contributed by atoms with E-state index in [0.29, 0.717) is 11.5 Å². The van der Waals surface area contributed by atoms with Crippen LogP contribution >= 0.6 is 0 Å². The number of pyridine rings is 1. The minimum absolute atomic E-state index is 0.00107.